The second-order valence-electron chi connectivity index (χ2n) is 7.59. The normalized spacial score (nSPS) is 19.8. The molecule has 1 saturated heterocycles. The first-order chi connectivity index (χ1) is 13.1. The van der Waals surface area contributed by atoms with Crippen molar-refractivity contribution < 1.29 is 4.79 Å². The molecule has 5 nitrogen and oxygen atoms in total. The van der Waals surface area contributed by atoms with Crippen molar-refractivity contribution in [1.29, 1.82) is 0 Å². The Hall–Kier alpha value is -2.37. The monoisotopic (exact) mass is 364 g/mol. The zero-order valence-corrected chi connectivity index (χ0v) is 16.2. The third-order valence-corrected chi connectivity index (χ3v) is 5.61. The van der Waals surface area contributed by atoms with Crippen molar-refractivity contribution in [2.45, 2.75) is 19.4 Å². The second-order valence-corrected chi connectivity index (χ2v) is 7.59. The fourth-order valence-corrected chi connectivity index (χ4v) is 4.07. The molecule has 1 N–H and O–H groups in total. The van der Waals surface area contributed by atoms with Crippen LogP contribution in [0.25, 0.3) is 0 Å². The van der Waals surface area contributed by atoms with E-state index in [9.17, 15) is 4.79 Å². The molecule has 5 heteroatoms. The molecule has 0 aromatic heterocycles. The predicted octanol–water partition coefficient (Wildman–Crippen LogP) is 2.64. The number of nitrogens with one attached hydrogen (secondary N) is 1. The van der Waals surface area contributed by atoms with E-state index in [0.29, 0.717) is 12.6 Å². The van der Waals surface area contributed by atoms with Crippen molar-refractivity contribution >= 4 is 23.0 Å². The molecule has 1 fully saturated rings. The van der Waals surface area contributed by atoms with E-state index < -0.39 is 0 Å². The number of amides is 1. The van der Waals surface area contributed by atoms with Crippen LogP contribution < -0.4 is 15.1 Å². The van der Waals surface area contributed by atoms with Crippen LogP contribution in [0.1, 0.15) is 12.5 Å². The Labute approximate surface area is 161 Å². The van der Waals surface area contributed by atoms with Gasteiger partial charge >= 0.3 is 0 Å². The van der Waals surface area contributed by atoms with Gasteiger partial charge in [0.1, 0.15) is 0 Å². The number of carbonyl (C=O) groups is 1. The molecule has 0 radical (unpaired) electrons. The van der Waals surface area contributed by atoms with Gasteiger partial charge in [0.25, 0.3) is 0 Å². The maximum absolute atomic E-state index is 13.0. The van der Waals surface area contributed by atoms with Crippen LogP contribution in [0.3, 0.4) is 0 Å². The molecule has 0 aliphatic carbocycles. The van der Waals surface area contributed by atoms with Crippen LogP contribution in [0, 0.1) is 0 Å². The van der Waals surface area contributed by atoms with Crippen LogP contribution >= 0.6 is 0 Å². The Kier molecular flexibility index (Phi) is 5.14. The molecule has 0 saturated carbocycles. The van der Waals surface area contributed by atoms with Crippen LogP contribution in [-0.2, 0) is 11.2 Å². The maximum atomic E-state index is 13.0. The molecular formula is C22H28N4O. The van der Waals surface area contributed by atoms with Gasteiger partial charge in [-0.1, -0.05) is 24.3 Å². The number of para-hydroxylation sites is 1. The number of benzene rings is 2. The number of fused-ring (bicyclic) bond motifs is 1. The Bertz CT molecular complexity index is 807. The van der Waals surface area contributed by atoms with E-state index in [0.717, 1.165) is 49.7 Å². The first kappa shape index (κ1) is 18.0. The third-order valence-electron chi connectivity index (χ3n) is 5.61. The van der Waals surface area contributed by atoms with Crippen molar-refractivity contribution in [3.63, 3.8) is 0 Å². The van der Waals surface area contributed by atoms with E-state index in [2.05, 4.69) is 59.4 Å². The lowest BCUT2D eigenvalue weighted by atomic mass is 10.1. The number of carbonyl (C=O) groups excluding carboxylic acids is 1. The summed E-state index contributed by atoms with van der Waals surface area (Å²) in [4.78, 5) is 19.4. The van der Waals surface area contributed by atoms with Crippen molar-refractivity contribution in [3.8, 4) is 0 Å². The summed E-state index contributed by atoms with van der Waals surface area (Å²) in [5.74, 6) is 0.211. The lowest BCUT2D eigenvalue weighted by Gasteiger charge is -2.32. The zero-order valence-electron chi connectivity index (χ0n) is 16.2. The average Bonchev–Trinajstić information content (AvgIpc) is 3.11. The van der Waals surface area contributed by atoms with Gasteiger partial charge in [0, 0.05) is 56.3 Å². The molecule has 142 valence electrons. The van der Waals surface area contributed by atoms with Gasteiger partial charge < -0.3 is 15.1 Å². The van der Waals surface area contributed by atoms with Crippen molar-refractivity contribution in [1.82, 2.24) is 10.2 Å². The summed E-state index contributed by atoms with van der Waals surface area (Å²) in [7, 11) is 2.07. The van der Waals surface area contributed by atoms with Gasteiger partial charge in [0.15, 0.2) is 0 Å². The summed E-state index contributed by atoms with van der Waals surface area (Å²) in [6.07, 6.45) is 0.939. The third kappa shape index (κ3) is 3.84. The molecular weight excluding hydrogens is 336 g/mol. The molecule has 2 aromatic carbocycles. The fourth-order valence-electron chi connectivity index (χ4n) is 4.07. The van der Waals surface area contributed by atoms with Crippen molar-refractivity contribution in [2.24, 2.45) is 0 Å². The molecule has 2 aromatic rings. The van der Waals surface area contributed by atoms with Gasteiger partial charge in [-0.2, -0.15) is 0 Å². The minimum absolute atomic E-state index is 0.211. The molecule has 2 aliphatic heterocycles. The lowest BCUT2D eigenvalue weighted by Crippen LogP contribution is -2.52. The minimum Gasteiger partial charge on any atom is -0.345 e. The Morgan fingerprint density at radius 3 is 2.74 bits per heavy atom. The van der Waals surface area contributed by atoms with E-state index in [1.807, 2.05) is 23.1 Å². The van der Waals surface area contributed by atoms with E-state index in [1.165, 1.54) is 5.56 Å². The first-order valence-corrected chi connectivity index (χ1v) is 9.79. The van der Waals surface area contributed by atoms with Gasteiger partial charge in [-0.3, -0.25) is 9.69 Å². The molecule has 0 bridgehead atoms. The molecule has 2 aliphatic rings. The van der Waals surface area contributed by atoms with Gasteiger partial charge in [-0.25, -0.2) is 0 Å². The lowest BCUT2D eigenvalue weighted by molar-refractivity contribution is -0.119. The van der Waals surface area contributed by atoms with Crippen LogP contribution in [-0.4, -0.2) is 56.6 Å². The second kappa shape index (κ2) is 7.71. The van der Waals surface area contributed by atoms with E-state index in [1.54, 1.807) is 0 Å². The summed E-state index contributed by atoms with van der Waals surface area (Å²) in [5, 5.41) is 3.43. The van der Waals surface area contributed by atoms with Gasteiger partial charge in [-0.05, 0) is 43.2 Å². The summed E-state index contributed by atoms with van der Waals surface area (Å²) in [6.45, 7) is 6.29. The predicted molar refractivity (Wildman–Crippen MR) is 111 cm³/mol. The van der Waals surface area contributed by atoms with Crippen molar-refractivity contribution in [3.05, 3.63) is 54.1 Å². The fraction of sp³-hybridized carbons (Fsp3) is 0.409. The SMILES string of the molecule is CC1CN(CC(=O)N2CCc3ccc(N(C)c4ccccc4)cc32)CCN1. The standard InChI is InChI=1S/C22H28N4O/c1-17-15-25(13-11-23-17)16-22(27)26-12-10-18-8-9-20(14-21(18)26)24(2)19-6-4-3-5-7-19/h3-9,14,17,23H,10-13,15-16H2,1-2H3. The number of hydrogen-bond acceptors (Lipinski definition) is 4. The maximum Gasteiger partial charge on any atom is 0.241 e. The summed E-state index contributed by atoms with van der Waals surface area (Å²) in [6, 6.07) is 17.2. The van der Waals surface area contributed by atoms with Crippen LogP contribution in [0.2, 0.25) is 0 Å². The van der Waals surface area contributed by atoms with Crippen LogP contribution in [0.15, 0.2) is 48.5 Å². The average molecular weight is 364 g/mol. The summed E-state index contributed by atoms with van der Waals surface area (Å²) < 4.78 is 0. The van der Waals surface area contributed by atoms with Gasteiger partial charge in [-0.15, -0.1) is 0 Å². The topological polar surface area (TPSA) is 38.8 Å². The van der Waals surface area contributed by atoms with Crippen LogP contribution in [0.5, 0.6) is 0 Å². The zero-order chi connectivity index (χ0) is 18.8. The Morgan fingerprint density at radius 2 is 1.96 bits per heavy atom. The highest BCUT2D eigenvalue weighted by molar-refractivity contribution is 5.97. The number of hydrogen-bond donors (Lipinski definition) is 1. The highest BCUT2D eigenvalue weighted by Crippen LogP contribution is 2.34. The summed E-state index contributed by atoms with van der Waals surface area (Å²) in [5.41, 5.74) is 4.59. The molecule has 1 unspecified atom stereocenters. The molecule has 4 rings (SSSR count). The van der Waals surface area contributed by atoms with Gasteiger partial charge in [0.05, 0.1) is 6.54 Å². The highest BCUT2D eigenvalue weighted by atomic mass is 16.2. The largest absolute Gasteiger partial charge is 0.345 e. The number of anilines is 3. The summed E-state index contributed by atoms with van der Waals surface area (Å²) >= 11 is 0. The molecule has 1 amide bonds. The molecule has 1 atom stereocenters. The molecule has 27 heavy (non-hydrogen) atoms. The number of rotatable bonds is 4. The first-order valence-electron chi connectivity index (χ1n) is 9.79. The van der Waals surface area contributed by atoms with E-state index in [4.69, 9.17) is 0 Å². The van der Waals surface area contributed by atoms with E-state index in [-0.39, 0.29) is 5.91 Å². The number of nitrogens with zero attached hydrogens (tertiary/aromatic N) is 3. The quantitative estimate of drug-likeness (QED) is 0.905. The Balaban J connectivity index is 1.51. The smallest absolute Gasteiger partial charge is 0.241 e. The minimum atomic E-state index is 0.211. The highest BCUT2D eigenvalue weighted by Gasteiger charge is 2.27. The van der Waals surface area contributed by atoms with Gasteiger partial charge in [0.2, 0.25) is 5.91 Å². The van der Waals surface area contributed by atoms with Crippen molar-refractivity contribution in [2.75, 3.05) is 49.6 Å². The number of piperazine rings is 1. The van der Waals surface area contributed by atoms with E-state index >= 15 is 0 Å². The van der Waals surface area contributed by atoms with Crippen LogP contribution in [0.4, 0.5) is 17.1 Å². The molecule has 0 spiro atoms. The molecule has 2 heterocycles. The Morgan fingerprint density at radius 1 is 1.15 bits per heavy atom.